The number of carbonyl (C=O) groups excluding carboxylic acids is 1. The van der Waals surface area contributed by atoms with Crippen molar-refractivity contribution in [3.05, 3.63) is 70.3 Å². The smallest absolute Gasteiger partial charge is 0.251 e. The number of nitrogens with zero attached hydrogens (tertiary/aromatic N) is 4. The van der Waals surface area contributed by atoms with E-state index < -0.39 is 0 Å². The molecular weight excluding hydrogens is 398 g/mol. The van der Waals surface area contributed by atoms with Crippen LogP contribution in [-0.4, -0.2) is 54.0 Å². The predicted octanol–water partition coefficient (Wildman–Crippen LogP) is 2.80. The summed E-state index contributed by atoms with van der Waals surface area (Å²) in [6, 6.07) is 11.2. The Kier molecular flexibility index (Phi) is 6.56. The summed E-state index contributed by atoms with van der Waals surface area (Å²) in [6.07, 6.45) is 1.84. The summed E-state index contributed by atoms with van der Waals surface area (Å²) in [4.78, 5) is 25.8. The van der Waals surface area contributed by atoms with E-state index >= 15 is 0 Å². The van der Waals surface area contributed by atoms with E-state index in [9.17, 15) is 4.79 Å². The van der Waals surface area contributed by atoms with Gasteiger partial charge < -0.3 is 19.9 Å². The predicted molar refractivity (Wildman–Crippen MR) is 118 cm³/mol. The summed E-state index contributed by atoms with van der Waals surface area (Å²) in [5.74, 6) is 1.58. The Morgan fingerprint density at radius 3 is 2.57 bits per heavy atom. The molecule has 30 heavy (non-hydrogen) atoms. The van der Waals surface area contributed by atoms with E-state index in [0.29, 0.717) is 24.5 Å². The highest BCUT2D eigenvalue weighted by Gasteiger charge is 2.15. The molecular formula is C22H25N5O2S. The molecule has 3 aromatic rings. The van der Waals surface area contributed by atoms with Gasteiger partial charge in [0.15, 0.2) is 0 Å². The molecule has 2 aromatic heterocycles. The number of pyridine rings is 1. The first-order chi connectivity index (χ1) is 14.7. The second-order valence-electron chi connectivity index (χ2n) is 7.29. The maximum Gasteiger partial charge on any atom is 0.251 e. The first-order valence-corrected chi connectivity index (χ1v) is 10.9. The molecule has 1 amide bonds. The lowest BCUT2D eigenvalue weighted by atomic mass is 10.2. The Morgan fingerprint density at radius 2 is 1.90 bits per heavy atom. The van der Waals surface area contributed by atoms with Crippen molar-refractivity contribution in [1.29, 1.82) is 0 Å². The van der Waals surface area contributed by atoms with Crippen molar-refractivity contribution in [1.82, 2.24) is 20.2 Å². The van der Waals surface area contributed by atoms with E-state index in [0.717, 1.165) is 43.3 Å². The number of anilines is 1. The van der Waals surface area contributed by atoms with Gasteiger partial charge in [0.05, 0.1) is 11.2 Å². The van der Waals surface area contributed by atoms with Gasteiger partial charge in [0.2, 0.25) is 0 Å². The number of nitrogens with one attached hydrogen (secondary N) is 1. The third kappa shape index (κ3) is 5.34. The van der Waals surface area contributed by atoms with Crippen LogP contribution in [0.2, 0.25) is 0 Å². The molecule has 0 unspecified atom stereocenters. The molecule has 0 aliphatic carbocycles. The van der Waals surface area contributed by atoms with Crippen LogP contribution in [0.25, 0.3) is 0 Å². The highest BCUT2D eigenvalue weighted by atomic mass is 32.1. The molecule has 3 heterocycles. The minimum Gasteiger partial charge on any atom is -0.487 e. The molecule has 1 aliphatic heterocycles. The van der Waals surface area contributed by atoms with Gasteiger partial charge in [-0.15, -0.1) is 11.3 Å². The Morgan fingerprint density at radius 1 is 1.10 bits per heavy atom. The van der Waals surface area contributed by atoms with E-state index in [4.69, 9.17) is 4.74 Å². The first-order valence-electron chi connectivity index (χ1n) is 9.94. The van der Waals surface area contributed by atoms with Gasteiger partial charge in [-0.3, -0.25) is 4.79 Å². The van der Waals surface area contributed by atoms with Crippen molar-refractivity contribution >= 4 is 23.1 Å². The average molecular weight is 424 g/mol. The number of likely N-dealkylation sites (N-methyl/N-ethyl adjacent to an activating group) is 1. The summed E-state index contributed by atoms with van der Waals surface area (Å²) in [5, 5.41) is 4.90. The molecule has 8 heteroatoms. The highest BCUT2D eigenvalue weighted by molar-refractivity contribution is 7.07. The minimum atomic E-state index is -0.121. The molecule has 156 valence electrons. The van der Waals surface area contributed by atoms with Crippen molar-refractivity contribution < 1.29 is 9.53 Å². The highest BCUT2D eigenvalue weighted by Crippen LogP contribution is 2.16. The number of rotatable bonds is 7. The van der Waals surface area contributed by atoms with E-state index in [1.165, 1.54) is 0 Å². The Labute approximate surface area is 180 Å². The van der Waals surface area contributed by atoms with E-state index in [-0.39, 0.29) is 5.91 Å². The van der Waals surface area contributed by atoms with Crippen LogP contribution in [0, 0.1) is 0 Å². The molecule has 0 spiro atoms. The lowest BCUT2D eigenvalue weighted by Gasteiger charge is -2.33. The zero-order chi connectivity index (χ0) is 20.8. The Balaban J connectivity index is 1.25. The number of ether oxygens (including phenoxy) is 1. The second kappa shape index (κ2) is 9.69. The van der Waals surface area contributed by atoms with Crippen LogP contribution in [0.4, 0.5) is 5.82 Å². The number of amides is 1. The molecule has 1 aromatic carbocycles. The van der Waals surface area contributed by atoms with Crippen LogP contribution < -0.4 is 15.0 Å². The SMILES string of the molecule is CN1CCN(c2ccc(CNC(=O)c3ccc(OCc4cscn4)cc3)cn2)CC1. The first kappa shape index (κ1) is 20.3. The number of aromatic nitrogens is 2. The van der Waals surface area contributed by atoms with E-state index in [1.54, 1.807) is 41.1 Å². The van der Waals surface area contributed by atoms with Gasteiger partial charge in [0.25, 0.3) is 5.91 Å². The summed E-state index contributed by atoms with van der Waals surface area (Å²) in [5.41, 5.74) is 4.25. The molecule has 1 aliphatic rings. The lowest BCUT2D eigenvalue weighted by Crippen LogP contribution is -2.44. The van der Waals surface area contributed by atoms with Crippen LogP contribution in [0.3, 0.4) is 0 Å². The zero-order valence-electron chi connectivity index (χ0n) is 17.0. The third-order valence-corrected chi connectivity index (χ3v) is 5.71. The number of carbonyl (C=O) groups is 1. The topological polar surface area (TPSA) is 70.6 Å². The average Bonchev–Trinajstić information content (AvgIpc) is 3.31. The van der Waals surface area contributed by atoms with Gasteiger partial charge in [-0.1, -0.05) is 6.07 Å². The van der Waals surface area contributed by atoms with E-state index in [1.807, 2.05) is 23.7 Å². The summed E-state index contributed by atoms with van der Waals surface area (Å²) in [7, 11) is 2.14. The van der Waals surface area contributed by atoms with Crippen molar-refractivity contribution in [2.75, 3.05) is 38.1 Å². The van der Waals surface area contributed by atoms with Gasteiger partial charge in [0.1, 0.15) is 18.2 Å². The Bertz CT molecular complexity index is 937. The van der Waals surface area contributed by atoms with Crippen LogP contribution in [0.1, 0.15) is 21.6 Å². The largest absolute Gasteiger partial charge is 0.487 e. The molecule has 0 bridgehead atoms. The third-order valence-electron chi connectivity index (χ3n) is 5.08. The molecule has 0 radical (unpaired) electrons. The fraction of sp³-hybridized carbons (Fsp3) is 0.318. The summed E-state index contributed by atoms with van der Waals surface area (Å²) < 4.78 is 5.68. The zero-order valence-corrected chi connectivity index (χ0v) is 17.8. The van der Waals surface area contributed by atoms with Gasteiger partial charge in [-0.05, 0) is 42.9 Å². The molecule has 0 atom stereocenters. The maximum absolute atomic E-state index is 12.4. The minimum absolute atomic E-state index is 0.121. The van der Waals surface area contributed by atoms with Crippen molar-refractivity contribution in [2.45, 2.75) is 13.2 Å². The second-order valence-corrected chi connectivity index (χ2v) is 8.01. The molecule has 1 saturated heterocycles. The van der Waals surface area contributed by atoms with Crippen LogP contribution in [-0.2, 0) is 13.2 Å². The lowest BCUT2D eigenvalue weighted by molar-refractivity contribution is 0.0951. The molecule has 0 saturated carbocycles. The molecule has 4 rings (SSSR count). The number of benzene rings is 1. The fourth-order valence-electron chi connectivity index (χ4n) is 3.20. The fourth-order valence-corrected chi connectivity index (χ4v) is 3.74. The van der Waals surface area contributed by atoms with Crippen molar-refractivity contribution in [3.63, 3.8) is 0 Å². The van der Waals surface area contributed by atoms with Gasteiger partial charge in [-0.25, -0.2) is 9.97 Å². The number of piperazine rings is 1. The van der Waals surface area contributed by atoms with E-state index in [2.05, 4.69) is 32.1 Å². The number of hydrogen-bond donors (Lipinski definition) is 1. The van der Waals surface area contributed by atoms with Gasteiger partial charge >= 0.3 is 0 Å². The monoisotopic (exact) mass is 423 g/mol. The van der Waals surface area contributed by atoms with Crippen molar-refractivity contribution in [2.24, 2.45) is 0 Å². The maximum atomic E-state index is 12.4. The van der Waals surface area contributed by atoms with Crippen LogP contribution in [0.15, 0.2) is 53.5 Å². The molecule has 1 N–H and O–H groups in total. The standard InChI is InChI=1S/C22H25N5O2S/c1-26-8-10-27(11-9-26)21-7-2-17(12-23-21)13-24-22(28)18-3-5-20(6-4-18)29-14-19-15-30-16-25-19/h2-7,12,15-16H,8-11,13-14H2,1H3,(H,24,28). The quantitative estimate of drug-likeness (QED) is 0.630. The van der Waals surface area contributed by atoms with Gasteiger partial charge in [0, 0.05) is 49.9 Å². The number of hydrogen-bond acceptors (Lipinski definition) is 7. The molecule has 7 nitrogen and oxygen atoms in total. The van der Waals surface area contributed by atoms with Gasteiger partial charge in [-0.2, -0.15) is 0 Å². The summed E-state index contributed by atoms with van der Waals surface area (Å²) >= 11 is 1.54. The Hall–Kier alpha value is -2.97. The van der Waals surface area contributed by atoms with Crippen LogP contribution in [0.5, 0.6) is 5.75 Å². The van der Waals surface area contributed by atoms with Crippen LogP contribution >= 0.6 is 11.3 Å². The number of thiazole rings is 1. The van der Waals surface area contributed by atoms with Crippen molar-refractivity contribution in [3.8, 4) is 5.75 Å². The summed E-state index contributed by atoms with van der Waals surface area (Å²) in [6.45, 7) is 4.94. The normalized spacial score (nSPS) is 14.5. The molecule has 1 fully saturated rings.